The topological polar surface area (TPSA) is 80.9 Å². The third kappa shape index (κ3) is 2.62. The molecular weight excluding hydrogens is 322 g/mol. The average Bonchev–Trinajstić information content (AvgIpc) is 3.31. The van der Waals surface area contributed by atoms with E-state index < -0.39 is 0 Å². The molecule has 1 fully saturated rings. The van der Waals surface area contributed by atoms with Gasteiger partial charge in [0.15, 0.2) is 23.0 Å². The largest absolute Gasteiger partial charge is 0.454 e. The molecule has 9 heteroatoms. The molecule has 4 heterocycles. The van der Waals surface area contributed by atoms with E-state index in [0.717, 1.165) is 50.0 Å². The maximum atomic E-state index is 5.46. The Morgan fingerprint density at radius 3 is 2.80 bits per heavy atom. The van der Waals surface area contributed by atoms with Crippen molar-refractivity contribution in [3.63, 3.8) is 0 Å². The number of aromatic nitrogens is 5. The predicted octanol–water partition coefficient (Wildman–Crippen LogP) is 0.570. The molecule has 2 aromatic heterocycles. The van der Waals surface area contributed by atoms with Crippen LogP contribution in [0.4, 0.5) is 5.82 Å². The average molecular weight is 339 g/mol. The number of nitrogens with zero attached hydrogens (tertiary/aromatic N) is 7. The lowest BCUT2D eigenvalue weighted by Gasteiger charge is -2.35. The second-order valence-electron chi connectivity index (χ2n) is 6.17. The molecule has 0 amide bonds. The van der Waals surface area contributed by atoms with Crippen LogP contribution in [0.5, 0.6) is 11.5 Å². The van der Waals surface area contributed by atoms with Crippen LogP contribution >= 0.6 is 0 Å². The lowest BCUT2D eigenvalue weighted by atomic mass is 10.1. The third-order valence-corrected chi connectivity index (χ3v) is 4.63. The maximum Gasteiger partial charge on any atom is 0.231 e. The highest BCUT2D eigenvalue weighted by atomic mass is 16.7. The molecule has 1 saturated heterocycles. The summed E-state index contributed by atoms with van der Waals surface area (Å²) in [6, 6.07) is 6.16. The zero-order chi connectivity index (χ0) is 16.6. The van der Waals surface area contributed by atoms with Crippen LogP contribution in [0.1, 0.15) is 5.56 Å². The van der Waals surface area contributed by atoms with Gasteiger partial charge in [-0.15, -0.1) is 5.10 Å². The van der Waals surface area contributed by atoms with E-state index in [1.807, 2.05) is 12.3 Å². The molecule has 3 aromatic rings. The van der Waals surface area contributed by atoms with Crippen LogP contribution in [0.2, 0.25) is 0 Å². The Morgan fingerprint density at radius 1 is 1.00 bits per heavy atom. The first-order valence-electron chi connectivity index (χ1n) is 8.25. The molecule has 2 aliphatic rings. The smallest absolute Gasteiger partial charge is 0.231 e. The normalized spacial score (nSPS) is 17.4. The molecule has 9 nitrogen and oxygen atoms in total. The van der Waals surface area contributed by atoms with Crippen LogP contribution in [-0.2, 0) is 6.54 Å². The van der Waals surface area contributed by atoms with Crippen LogP contribution in [0.3, 0.4) is 0 Å². The number of ether oxygens (including phenoxy) is 2. The van der Waals surface area contributed by atoms with Crippen molar-refractivity contribution in [1.29, 1.82) is 0 Å². The summed E-state index contributed by atoms with van der Waals surface area (Å²) in [7, 11) is 0. The van der Waals surface area contributed by atoms with Gasteiger partial charge in [-0.2, -0.15) is 4.52 Å². The molecule has 128 valence electrons. The first-order valence-corrected chi connectivity index (χ1v) is 8.25. The fraction of sp³-hybridized carbons (Fsp3) is 0.375. The number of rotatable bonds is 3. The zero-order valence-electron chi connectivity index (χ0n) is 13.6. The van der Waals surface area contributed by atoms with Crippen molar-refractivity contribution in [3.8, 4) is 11.5 Å². The van der Waals surface area contributed by atoms with Crippen LogP contribution in [0, 0.1) is 0 Å². The van der Waals surface area contributed by atoms with Crippen LogP contribution in [0.25, 0.3) is 5.65 Å². The Hall–Kier alpha value is -2.94. The van der Waals surface area contributed by atoms with Gasteiger partial charge in [-0.1, -0.05) is 6.07 Å². The molecule has 0 unspecified atom stereocenters. The minimum Gasteiger partial charge on any atom is -0.454 e. The minimum atomic E-state index is 0.314. The van der Waals surface area contributed by atoms with Crippen molar-refractivity contribution in [3.05, 3.63) is 36.2 Å². The number of hydrogen-bond acceptors (Lipinski definition) is 8. The van der Waals surface area contributed by atoms with E-state index in [2.05, 4.69) is 42.4 Å². The Balaban J connectivity index is 1.26. The van der Waals surface area contributed by atoms with Crippen LogP contribution < -0.4 is 14.4 Å². The van der Waals surface area contributed by atoms with Crippen LogP contribution in [0.15, 0.2) is 30.6 Å². The van der Waals surface area contributed by atoms with Gasteiger partial charge in [-0.3, -0.25) is 9.88 Å². The maximum absolute atomic E-state index is 5.46. The molecule has 1 aromatic carbocycles. The summed E-state index contributed by atoms with van der Waals surface area (Å²) in [4.78, 5) is 8.94. The summed E-state index contributed by atoms with van der Waals surface area (Å²) >= 11 is 0. The minimum absolute atomic E-state index is 0.314. The summed E-state index contributed by atoms with van der Waals surface area (Å²) < 4.78 is 12.6. The summed E-state index contributed by atoms with van der Waals surface area (Å²) in [5, 5.41) is 11.7. The molecular formula is C16H17N7O2. The number of tetrazole rings is 1. The summed E-state index contributed by atoms with van der Waals surface area (Å²) in [5.41, 5.74) is 1.90. The monoisotopic (exact) mass is 339 g/mol. The fourth-order valence-electron chi connectivity index (χ4n) is 3.31. The number of fused-ring (bicyclic) bond motifs is 2. The van der Waals surface area contributed by atoms with E-state index in [-0.39, 0.29) is 0 Å². The second kappa shape index (κ2) is 5.85. The van der Waals surface area contributed by atoms with Gasteiger partial charge in [-0.25, -0.2) is 0 Å². The zero-order valence-corrected chi connectivity index (χ0v) is 13.6. The quantitative estimate of drug-likeness (QED) is 0.685. The van der Waals surface area contributed by atoms with Gasteiger partial charge in [0.1, 0.15) is 0 Å². The van der Waals surface area contributed by atoms with Crippen molar-refractivity contribution in [2.75, 3.05) is 37.9 Å². The molecule has 25 heavy (non-hydrogen) atoms. The van der Waals surface area contributed by atoms with Gasteiger partial charge in [0.2, 0.25) is 6.79 Å². The van der Waals surface area contributed by atoms with Gasteiger partial charge >= 0.3 is 0 Å². The Labute approximate surface area is 143 Å². The molecule has 2 aliphatic heterocycles. The van der Waals surface area contributed by atoms with Gasteiger partial charge < -0.3 is 14.4 Å². The van der Waals surface area contributed by atoms with E-state index >= 15 is 0 Å². The molecule has 0 bridgehead atoms. The van der Waals surface area contributed by atoms with Gasteiger partial charge in [-0.05, 0) is 28.1 Å². The highest BCUT2D eigenvalue weighted by molar-refractivity contribution is 5.46. The fourth-order valence-corrected chi connectivity index (χ4v) is 3.31. The highest BCUT2D eigenvalue weighted by Gasteiger charge is 2.21. The van der Waals surface area contributed by atoms with E-state index in [4.69, 9.17) is 9.47 Å². The van der Waals surface area contributed by atoms with Crippen molar-refractivity contribution in [1.82, 2.24) is 29.9 Å². The number of anilines is 1. The number of piperazine rings is 1. The SMILES string of the molecule is c1cc2c(cc1CN1CCN(c3cncc4nnnn34)CC1)OCO2. The first kappa shape index (κ1) is 14.4. The first-order chi connectivity index (χ1) is 12.4. The molecule has 0 spiro atoms. The van der Waals surface area contributed by atoms with Gasteiger partial charge in [0.05, 0.1) is 12.4 Å². The molecule has 0 radical (unpaired) electrons. The summed E-state index contributed by atoms with van der Waals surface area (Å²) in [6.07, 6.45) is 3.48. The summed E-state index contributed by atoms with van der Waals surface area (Å²) in [6.45, 7) is 4.96. The number of hydrogen-bond donors (Lipinski definition) is 0. The molecule has 0 saturated carbocycles. The molecule has 5 rings (SSSR count). The third-order valence-electron chi connectivity index (χ3n) is 4.63. The van der Waals surface area contributed by atoms with Gasteiger partial charge in [0, 0.05) is 32.7 Å². The van der Waals surface area contributed by atoms with E-state index in [0.29, 0.717) is 12.4 Å². The number of benzene rings is 1. The Bertz CT molecular complexity index is 904. The highest BCUT2D eigenvalue weighted by Crippen LogP contribution is 2.32. The molecule has 0 aliphatic carbocycles. The lowest BCUT2D eigenvalue weighted by Crippen LogP contribution is -2.46. The van der Waals surface area contributed by atoms with E-state index in [1.54, 1.807) is 10.7 Å². The molecule has 0 atom stereocenters. The van der Waals surface area contributed by atoms with Crippen molar-refractivity contribution >= 4 is 11.5 Å². The van der Waals surface area contributed by atoms with Crippen LogP contribution in [-0.4, -0.2) is 62.9 Å². The second-order valence-corrected chi connectivity index (χ2v) is 6.17. The predicted molar refractivity (Wildman–Crippen MR) is 88.6 cm³/mol. The van der Waals surface area contributed by atoms with Crippen molar-refractivity contribution in [2.45, 2.75) is 6.54 Å². The standard InChI is InChI=1S/C16H17N7O2/c1-2-13-14(25-11-24-13)7-12(1)10-21-3-5-22(6-4-21)16-9-17-8-15-18-19-20-23(15)16/h1-2,7-9H,3-6,10-11H2. The lowest BCUT2D eigenvalue weighted by molar-refractivity contribution is 0.174. The van der Waals surface area contributed by atoms with E-state index in [9.17, 15) is 0 Å². The van der Waals surface area contributed by atoms with Crippen molar-refractivity contribution in [2.24, 2.45) is 0 Å². The Kier molecular flexibility index (Phi) is 3.37. The van der Waals surface area contributed by atoms with E-state index in [1.165, 1.54) is 5.56 Å². The summed E-state index contributed by atoms with van der Waals surface area (Å²) in [5.74, 6) is 2.61. The Morgan fingerprint density at radius 2 is 1.88 bits per heavy atom. The van der Waals surface area contributed by atoms with Gasteiger partial charge in [0.25, 0.3) is 0 Å². The van der Waals surface area contributed by atoms with Crippen molar-refractivity contribution < 1.29 is 9.47 Å². The molecule has 0 N–H and O–H groups in total.